The zero-order valence-electron chi connectivity index (χ0n) is 11.0. The standard InChI is InChI=1S/C14H22N2O2/c1-2-3-4-5-6-7-10-15-12-9-8-11-16-13(12)14(17)18/h8-9,11,15H,2-7,10H2,1H3,(H,17,18). The van der Waals surface area contributed by atoms with E-state index >= 15 is 0 Å². The Morgan fingerprint density at radius 3 is 2.72 bits per heavy atom. The van der Waals surface area contributed by atoms with Crippen molar-refractivity contribution in [2.24, 2.45) is 0 Å². The molecule has 1 rings (SSSR count). The molecule has 1 aromatic heterocycles. The van der Waals surface area contributed by atoms with E-state index in [9.17, 15) is 4.79 Å². The predicted molar refractivity (Wildman–Crippen MR) is 73.1 cm³/mol. The fraction of sp³-hybridized carbons (Fsp3) is 0.571. The molecule has 0 saturated heterocycles. The largest absolute Gasteiger partial charge is 0.476 e. The van der Waals surface area contributed by atoms with Crippen molar-refractivity contribution < 1.29 is 9.90 Å². The second kappa shape index (κ2) is 8.50. The molecule has 100 valence electrons. The molecule has 0 unspecified atom stereocenters. The molecule has 0 fully saturated rings. The van der Waals surface area contributed by atoms with Crippen LogP contribution in [0.25, 0.3) is 0 Å². The summed E-state index contributed by atoms with van der Waals surface area (Å²) in [5.74, 6) is -0.985. The molecule has 2 N–H and O–H groups in total. The molecule has 0 aliphatic heterocycles. The molecule has 0 atom stereocenters. The first kappa shape index (κ1) is 14.5. The van der Waals surface area contributed by atoms with Crippen molar-refractivity contribution in [3.05, 3.63) is 24.0 Å². The number of unbranched alkanes of at least 4 members (excludes halogenated alkanes) is 5. The third-order valence-electron chi connectivity index (χ3n) is 2.86. The summed E-state index contributed by atoms with van der Waals surface area (Å²) in [7, 11) is 0. The van der Waals surface area contributed by atoms with Crippen LogP contribution >= 0.6 is 0 Å². The molecule has 1 heterocycles. The van der Waals surface area contributed by atoms with Gasteiger partial charge >= 0.3 is 5.97 Å². The second-order valence-electron chi connectivity index (χ2n) is 4.40. The van der Waals surface area contributed by atoms with Crippen molar-refractivity contribution in [3.8, 4) is 0 Å². The number of anilines is 1. The Kier molecular flexibility index (Phi) is 6.84. The van der Waals surface area contributed by atoms with Gasteiger partial charge in [0.05, 0.1) is 5.69 Å². The van der Waals surface area contributed by atoms with Crippen LogP contribution in [0.1, 0.15) is 55.9 Å². The smallest absolute Gasteiger partial charge is 0.356 e. The van der Waals surface area contributed by atoms with Crippen LogP contribution in [0.4, 0.5) is 5.69 Å². The van der Waals surface area contributed by atoms with Gasteiger partial charge in [-0.15, -0.1) is 0 Å². The number of carbonyl (C=O) groups is 1. The fourth-order valence-electron chi connectivity index (χ4n) is 1.85. The molecule has 0 amide bonds. The van der Waals surface area contributed by atoms with Gasteiger partial charge in [-0.3, -0.25) is 0 Å². The molecule has 0 saturated carbocycles. The summed E-state index contributed by atoms with van der Waals surface area (Å²) in [6, 6.07) is 3.50. The van der Waals surface area contributed by atoms with Crippen molar-refractivity contribution in [3.63, 3.8) is 0 Å². The number of aromatic carboxylic acids is 1. The van der Waals surface area contributed by atoms with E-state index < -0.39 is 5.97 Å². The maximum absolute atomic E-state index is 10.9. The Balaban J connectivity index is 2.25. The van der Waals surface area contributed by atoms with Crippen LogP contribution in [0.3, 0.4) is 0 Å². The summed E-state index contributed by atoms with van der Waals surface area (Å²) in [5, 5.41) is 12.1. The summed E-state index contributed by atoms with van der Waals surface area (Å²) < 4.78 is 0. The molecule has 4 nitrogen and oxygen atoms in total. The van der Waals surface area contributed by atoms with E-state index in [1.54, 1.807) is 12.1 Å². The van der Waals surface area contributed by atoms with E-state index in [1.165, 1.54) is 38.3 Å². The average Bonchev–Trinajstić information content (AvgIpc) is 2.38. The van der Waals surface area contributed by atoms with E-state index in [0.29, 0.717) is 5.69 Å². The lowest BCUT2D eigenvalue weighted by molar-refractivity contribution is 0.0691. The highest BCUT2D eigenvalue weighted by atomic mass is 16.4. The van der Waals surface area contributed by atoms with Crippen molar-refractivity contribution in [1.82, 2.24) is 4.98 Å². The highest BCUT2D eigenvalue weighted by Gasteiger charge is 2.09. The van der Waals surface area contributed by atoms with Crippen LogP contribution in [0, 0.1) is 0 Å². The molecule has 0 aliphatic carbocycles. The summed E-state index contributed by atoms with van der Waals surface area (Å²) in [4.78, 5) is 14.8. The van der Waals surface area contributed by atoms with Crippen LogP contribution in [-0.4, -0.2) is 22.6 Å². The minimum absolute atomic E-state index is 0.100. The highest BCUT2D eigenvalue weighted by molar-refractivity contribution is 5.91. The third kappa shape index (κ3) is 5.17. The Morgan fingerprint density at radius 2 is 2.00 bits per heavy atom. The van der Waals surface area contributed by atoms with Gasteiger partial charge in [0.25, 0.3) is 0 Å². The predicted octanol–water partition coefficient (Wildman–Crippen LogP) is 3.55. The molecule has 0 bridgehead atoms. The van der Waals surface area contributed by atoms with Crippen molar-refractivity contribution in [2.45, 2.75) is 45.4 Å². The van der Waals surface area contributed by atoms with Gasteiger partial charge in [0.2, 0.25) is 0 Å². The van der Waals surface area contributed by atoms with E-state index in [0.717, 1.165) is 13.0 Å². The lowest BCUT2D eigenvalue weighted by atomic mass is 10.1. The van der Waals surface area contributed by atoms with Crippen LogP contribution in [0.5, 0.6) is 0 Å². The molecular weight excluding hydrogens is 228 g/mol. The van der Waals surface area contributed by atoms with Gasteiger partial charge in [-0.05, 0) is 18.6 Å². The van der Waals surface area contributed by atoms with Crippen LogP contribution in [0.2, 0.25) is 0 Å². The number of aromatic nitrogens is 1. The minimum atomic E-state index is -0.985. The molecule has 0 aromatic carbocycles. The minimum Gasteiger partial charge on any atom is -0.476 e. The number of nitrogens with zero attached hydrogens (tertiary/aromatic N) is 1. The maximum atomic E-state index is 10.9. The lowest BCUT2D eigenvalue weighted by Crippen LogP contribution is -2.09. The number of carboxylic acids is 1. The van der Waals surface area contributed by atoms with Crippen LogP contribution < -0.4 is 5.32 Å². The topological polar surface area (TPSA) is 62.2 Å². The van der Waals surface area contributed by atoms with Gasteiger partial charge in [0, 0.05) is 12.7 Å². The number of rotatable bonds is 9. The molecule has 0 spiro atoms. The SMILES string of the molecule is CCCCCCCCNc1cccnc1C(=O)O. The molecular formula is C14H22N2O2. The molecule has 4 heteroatoms. The van der Waals surface area contributed by atoms with E-state index in [-0.39, 0.29) is 5.69 Å². The van der Waals surface area contributed by atoms with E-state index in [2.05, 4.69) is 17.2 Å². The second-order valence-corrected chi connectivity index (χ2v) is 4.40. The fourth-order valence-corrected chi connectivity index (χ4v) is 1.85. The number of hydrogen-bond acceptors (Lipinski definition) is 3. The number of hydrogen-bond donors (Lipinski definition) is 2. The quantitative estimate of drug-likeness (QED) is 0.658. The van der Waals surface area contributed by atoms with Crippen LogP contribution in [-0.2, 0) is 0 Å². The molecule has 0 aliphatic rings. The molecule has 18 heavy (non-hydrogen) atoms. The number of carboxylic acid groups (broad SMARTS) is 1. The Bertz CT molecular complexity index is 367. The highest BCUT2D eigenvalue weighted by Crippen LogP contribution is 2.12. The summed E-state index contributed by atoms with van der Waals surface area (Å²) in [5.41, 5.74) is 0.710. The van der Waals surface area contributed by atoms with Crippen molar-refractivity contribution >= 4 is 11.7 Å². The average molecular weight is 250 g/mol. The Morgan fingerprint density at radius 1 is 1.28 bits per heavy atom. The van der Waals surface area contributed by atoms with Gasteiger partial charge in [0.15, 0.2) is 5.69 Å². The lowest BCUT2D eigenvalue weighted by Gasteiger charge is -2.08. The Hall–Kier alpha value is -1.58. The van der Waals surface area contributed by atoms with Gasteiger partial charge in [-0.2, -0.15) is 0 Å². The third-order valence-corrected chi connectivity index (χ3v) is 2.86. The molecule has 1 aromatic rings. The maximum Gasteiger partial charge on any atom is 0.356 e. The Labute approximate surface area is 108 Å². The van der Waals surface area contributed by atoms with Gasteiger partial charge in [0.1, 0.15) is 0 Å². The van der Waals surface area contributed by atoms with Gasteiger partial charge < -0.3 is 10.4 Å². The summed E-state index contributed by atoms with van der Waals surface area (Å²) >= 11 is 0. The monoisotopic (exact) mass is 250 g/mol. The zero-order valence-corrected chi connectivity index (χ0v) is 11.0. The van der Waals surface area contributed by atoms with Gasteiger partial charge in [-0.1, -0.05) is 39.0 Å². The normalized spacial score (nSPS) is 10.3. The van der Waals surface area contributed by atoms with Gasteiger partial charge in [-0.25, -0.2) is 9.78 Å². The first-order valence-electron chi connectivity index (χ1n) is 6.68. The summed E-state index contributed by atoms with van der Waals surface area (Å²) in [6.45, 7) is 3.01. The van der Waals surface area contributed by atoms with Crippen molar-refractivity contribution in [2.75, 3.05) is 11.9 Å². The zero-order chi connectivity index (χ0) is 13.2. The van der Waals surface area contributed by atoms with Crippen molar-refractivity contribution in [1.29, 1.82) is 0 Å². The number of nitrogens with one attached hydrogen (secondary N) is 1. The van der Waals surface area contributed by atoms with Crippen LogP contribution in [0.15, 0.2) is 18.3 Å². The summed E-state index contributed by atoms with van der Waals surface area (Å²) in [6.07, 6.45) is 8.87. The molecule has 0 radical (unpaired) electrons. The van der Waals surface area contributed by atoms with E-state index in [4.69, 9.17) is 5.11 Å². The number of pyridine rings is 1. The first-order valence-corrected chi connectivity index (χ1v) is 6.68. The van der Waals surface area contributed by atoms with E-state index in [1.807, 2.05) is 0 Å². The first-order chi connectivity index (χ1) is 8.75.